The highest BCUT2D eigenvalue weighted by atomic mass is 28.4. The van der Waals surface area contributed by atoms with Gasteiger partial charge in [0, 0.05) is 26.2 Å². The predicted octanol–water partition coefficient (Wildman–Crippen LogP) is 7.73. The molecular formula is C54H78N4O4Si2. The number of amides is 2. The molecule has 0 unspecified atom stereocenters. The quantitative estimate of drug-likeness (QED) is 0.0450. The van der Waals surface area contributed by atoms with Crippen molar-refractivity contribution in [2.24, 2.45) is 0 Å². The zero-order chi connectivity index (χ0) is 45.5. The van der Waals surface area contributed by atoms with Gasteiger partial charge in [-0.1, -0.05) is 214 Å². The van der Waals surface area contributed by atoms with Crippen LogP contribution in [0.4, 0.5) is 0 Å². The van der Waals surface area contributed by atoms with Crippen molar-refractivity contribution >= 4 is 49.2 Å². The first-order valence-electron chi connectivity index (χ1n) is 24.4. The summed E-state index contributed by atoms with van der Waals surface area (Å²) >= 11 is 0. The van der Waals surface area contributed by atoms with E-state index in [2.05, 4.69) is 184 Å². The Kier molecular flexibility index (Phi) is 18.2. The maximum Gasteiger partial charge on any atom is 0.261 e. The molecule has 4 aromatic rings. The van der Waals surface area contributed by atoms with E-state index < -0.39 is 16.6 Å². The highest BCUT2D eigenvalue weighted by Crippen LogP contribution is 2.39. The van der Waals surface area contributed by atoms with Crippen molar-refractivity contribution in [3.63, 3.8) is 0 Å². The molecule has 0 radical (unpaired) electrons. The Hall–Kier alpha value is -3.91. The molecule has 2 fully saturated rings. The molecule has 346 valence electrons. The normalized spacial score (nSPS) is 19.4. The van der Waals surface area contributed by atoms with E-state index in [-0.39, 0.29) is 46.2 Å². The lowest BCUT2D eigenvalue weighted by atomic mass is 10.1. The summed E-state index contributed by atoms with van der Waals surface area (Å²) in [5, 5.41) is 18.3. The largest absolute Gasteiger partial charge is 0.403 e. The number of benzene rings is 4. The first-order valence-corrected chi connectivity index (χ1v) is 28.3. The van der Waals surface area contributed by atoms with Gasteiger partial charge < -0.3 is 30.1 Å². The summed E-state index contributed by atoms with van der Waals surface area (Å²) in [6, 6.07) is 42.5. The maximum absolute atomic E-state index is 13.2. The zero-order valence-corrected chi connectivity index (χ0v) is 41.8. The lowest BCUT2D eigenvalue weighted by Gasteiger charge is -2.44. The van der Waals surface area contributed by atoms with Crippen LogP contribution in [0.25, 0.3) is 0 Å². The van der Waals surface area contributed by atoms with Gasteiger partial charge in [-0.15, -0.1) is 0 Å². The van der Waals surface area contributed by atoms with Gasteiger partial charge in [-0.2, -0.15) is 0 Å². The third kappa shape index (κ3) is 12.5. The van der Waals surface area contributed by atoms with Gasteiger partial charge >= 0.3 is 0 Å². The summed E-state index contributed by atoms with van der Waals surface area (Å²) in [5.41, 5.74) is 0. The van der Waals surface area contributed by atoms with Gasteiger partial charge in [0.1, 0.15) is 0 Å². The molecule has 2 amide bonds. The van der Waals surface area contributed by atoms with Crippen molar-refractivity contribution in [2.75, 3.05) is 26.2 Å². The summed E-state index contributed by atoms with van der Waals surface area (Å²) in [7, 11) is -5.33. The molecule has 4 N–H and O–H groups in total. The Morgan fingerprint density at radius 3 is 1.00 bits per heavy atom. The third-order valence-corrected chi connectivity index (χ3v) is 23.7. The van der Waals surface area contributed by atoms with Crippen LogP contribution in [0.5, 0.6) is 0 Å². The van der Waals surface area contributed by atoms with Crippen molar-refractivity contribution in [2.45, 2.75) is 153 Å². The van der Waals surface area contributed by atoms with E-state index >= 15 is 0 Å². The standard InChI is InChI=1S/C54H78N4O4Si2/c1-53(2,3)63(45-29-19-15-20-30-45,46-31-21-16-22-32-46)61-43-39-49(57-41-43)51(59)55-37-27-13-11-9-7-8-10-12-14-28-38-56-52(60)50-40-44(42-58-50)62-64(54(4,5)6,47-33-23-17-24-34-47)48-35-25-18-26-36-48/h15-26,29-36,43-44,49-50,57-58H,7-14,27-28,37-42H2,1-6H3,(H,55,59)(H,56,60)/t43-,44-,49+,50+/m1/s1. The van der Waals surface area contributed by atoms with Crippen LogP contribution in [0.15, 0.2) is 121 Å². The summed E-state index contributed by atoms with van der Waals surface area (Å²) in [6.45, 7) is 16.6. The second-order valence-corrected chi connectivity index (χ2v) is 28.8. The molecule has 64 heavy (non-hydrogen) atoms. The van der Waals surface area contributed by atoms with E-state index in [1.165, 1.54) is 59.3 Å². The van der Waals surface area contributed by atoms with E-state index in [0.717, 1.165) is 38.8 Å². The topological polar surface area (TPSA) is 101 Å². The number of unbranched alkanes of at least 4 members (excludes halogenated alkanes) is 9. The minimum absolute atomic E-state index is 0.0278. The van der Waals surface area contributed by atoms with Gasteiger partial charge in [0.25, 0.3) is 16.6 Å². The van der Waals surface area contributed by atoms with Crippen LogP contribution in [0.2, 0.25) is 10.1 Å². The van der Waals surface area contributed by atoms with Gasteiger partial charge in [0.05, 0.1) is 24.3 Å². The molecule has 6 rings (SSSR count). The molecule has 0 spiro atoms. The van der Waals surface area contributed by atoms with Gasteiger partial charge in [-0.3, -0.25) is 9.59 Å². The first-order chi connectivity index (χ1) is 30.8. The van der Waals surface area contributed by atoms with Gasteiger partial charge in [-0.05, 0) is 56.5 Å². The molecule has 4 aromatic carbocycles. The average Bonchev–Trinajstić information content (AvgIpc) is 3.98. The molecular weight excluding hydrogens is 825 g/mol. The fourth-order valence-corrected chi connectivity index (χ4v) is 19.6. The van der Waals surface area contributed by atoms with Crippen LogP contribution in [-0.4, -0.2) is 78.9 Å². The van der Waals surface area contributed by atoms with Crippen molar-refractivity contribution in [1.82, 2.24) is 21.3 Å². The summed E-state index contributed by atoms with van der Waals surface area (Å²) in [6.07, 6.45) is 13.0. The highest BCUT2D eigenvalue weighted by molar-refractivity contribution is 7.00. The second kappa shape index (κ2) is 23.5. The number of nitrogens with one attached hydrogen (secondary N) is 4. The molecule has 2 aliphatic heterocycles. The number of hydrogen-bond acceptors (Lipinski definition) is 6. The van der Waals surface area contributed by atoms with Crippen LogP contribution in [0, 0.1) is 0 Å². The van der Waals surface area contributed by atoms with E-state index in [4.69, 9.17) is 8.85 Å². The Labute approximate surface area is 387 Å². The lowest BCUT2D eigenvalue weighted by Crippen LogP contribution is -2.67. The van der Waals surface area contributed by atoms with Crippen molar-refractivity contribution < 1.29 is 18.4 Å². The molecule has 0 bridgehead atoms. The Morgan fingerprint density at radius 2 is 0.734 bits per heavy atom. The monoisotopic (exact) mass is 903 g/mol. The Morgan fingerprint density at radius 1 is 0.469 bits per heavy atom. The van der Waals surface area contributed by atoms with Crippen LogP contribution >= 0.6 is 0 Å². The summed E-state index contributed by atoms with van der Waals surface area (Å²) in [5.74, 6) is 0.183. The van der Waals surface area contributed by atoms with Crippen LogP contribution in [-0.2, 0) is 18.4 Å². The van der Waals surface area contributed by atoms with E-state index in [1.807, 2.05) is 0 Å². The number of hydrogen-bond donors (Lipinski definition) is 4. The highest BCUT2D eigenvalue weighted by Gasteiger charge is 2.53. The molecule has 0 aliphatic carbocycles. The third-order valence-electron chi connectivity index (χ3n) is 13.5. The number of carbonyl (C=O) groups is 2. The Bertz CT molecular complexity index is 1770. The van der Waals surface area contributed by atoms with Gasteiger partial charge in [-0.25, -0.2) is 0 Å². The zero-order valence-electron chi connectivity index (χ0n) is 39.8. The molecule has 0 aromatic heterocycles. The van der Waals surface area contributed by atoms with E-state index in [1.54, 1.807) is 0 Å². The lowest BCUT2D eigenvalue weighted by molar-refractivity contribution is -0.123. The predicted molar refractivity (Wildman–Crippen MR) is 270 cm³/mol. The fourth-order valence-electron chi connectivity index (χ4n) is 10.2. The molecule has 2 saturated heterocycles. The van der Waals surface area contributed by atoms with Gasteiger partial charge in [0.15, 0.2) is 0 Å². The van der Waals surface area contributed by atoms with Crippen LogP contribution in [0.1, 0.15) is 119 Å². The summed E-state index contributed by atoms with van der Waals surface area (Å²) in [4.78, 5) is 26.4. The van der Waals surface area contributed by atoms with Crippen molar-refractivity contribution in [3.8, 4) is 0 Å². The van der Waals surface area contributed by atoms with Gasteiger partial charge in [0.2, 0.25) is 11.8 Å². The Balaban J connectivity index is 0.804. The van der Waals surface area contributed by atoms with Crippen molar-refractivity contribution in [1.29, 1.82) is 0 Å². The first kappa shape index (κ1) is 49.5. The molecule has 2 heterocycles. The average molecular weight is 903 g/mol. The molecule has 4 atom stereocenters. The SMILES string of the molecule is CC(C)(C)[Si](O[C@H]1CN[C@H](C(=O)NCCCCCCCCCCCCNC(=O)[C@@H]2C[C@@H](O[Si](c3ccccc3)(c3ccccc3)C(C)(C)C)CN2)C1)(c1ccccc1)c1ccccc1. The molecule has 0 saturated carbocycles. The maximum atomic E-state index is 13.2. The molecule has 10 heteroatoms. The number of rotatable bonds is 23. The van der Waals surface area contributed by atoms with E-state index in [0.29, 0.717) is 25.9 Å². The molecule has 8 nitrogen and oxygen atoms in total. The fraction of sp³-hybridized carbons (Fsp3) is 0.519. The number of carbonyl (C=O) groups excluding carboxylic acids is 2. The van der Waals surface area contributed by atoms with Crippen LogP contribution in [0.3, 0.4) is 0 Å². The summed E-state index contributed by atoms with van der Waals surface area (Å²) < 4.78 is 14.6. The van der Waals surface area contributed by atoms with Crippen molar-refractivity contribution in [3.05, 3.63) is 121 Å². The minimum atomic E-state index is -2.66. The minimum Gasteiger partial charge on any atom is -0.403 e. The molecule has 2 aliphatic rings. The van der Waals surface area contributed by atoms with E-state index in [9.17, 15) is 9.59 Å². The van der Waals surface area contributed by atoms with Crippen LogP contribution < -0.4 is 42.0 Å². The smallest absolute Gasteiger partial charge is 0.261 e. The second-order valence-electron chi connectivity index (χ2n) is 20.3.